The van der Waals surface area contributed by atoms with Gasteiger partial charge in [0.2, 0.25) is 0 Å². The second kappa shape index (κ2) is 10.5. The number of nitrogens with one attached hydrogen (secondary N) is 1. The molecule has 1 heterocycles. The maximum absolute atomic E-state index is 12.1. The van der Waals surface area contributed by atoms with Gasteiger partial charge in [-0.3, -0.25) is 9.79 Å². The number of hydrogen-bond acceptors (Lipinski definition) is 2. The van der Waals surface area contributed by atoms with E-state index in [-0.39, 0.29) is 29.9 Å². The summed E-state index contributed by atoms with van der Waals surface area (Å²) in [4.78, 5) is 21.1. The van der Waals surface area contributed by atoms with Gasteiger partial charge in [0.15, 0.2) is 5.96 Å². The molecule has 6 heteroatoms. The maximum Gasteiger partial charge on any atom is 0.253 e. The van der Waals surface area contributed by atoms with Crippen molar-refractivity contribution in [3.63, 3.8) is 0 Å². The van der Waals surface area contributed by atoms with Gasteiger partial charge in [-0.1, -0.05) is 25.0 Å². The molecule has 1 aliphatic carbocycles. The highest BCUT2D eigenvalue weighted by molar-refractivity contribution is 14.0. The Kier molecular flexibility index (Phi) is 8.58. The van der Waals surface area contributed by atoms with Crippen molar-refractivity contribution in [1.29, 1.82) is 0 Å². The van der Waals surface area contributed by atoms with Crippen LogP contribution in [0.5, 0.6) is 0 Å². The van der Waals surface area contributed by atoms with Crippen LogP contribution in [0.15, 0.2) is 29.3 Å². The summed E-state index contributed by atoms with van der Waals surface area (Å²) in [6, 6.07) is 7.92. The topological polar surface area (TPSA) is 47.9 Å². The van der Waals surface area contributed by atoms with Crippen molar-refractivity contribution in [2.24, 2.45) is 10.4 Å². The van der Waals surface area contributed by atoms with Gasteiger partial charge in [-0.2, -0.15) is 0 Å². The maximum atomic E-state index is 12.1. The molecule has 0 unspecified atom stereocenters. The quantitative estimate of drug-likeness (QED) is 0.382. The first-order chi connectivity index (χ1) is 13.0. The first kappa shape index (κ1) is 23.0. The summed E-state index contributed by atoms with van der Waals surface area (Å²) in [5.74, 6) is 1.11. The van der Waals surface area contributed by atoms with E-state index in [9.17, 15) is 4.79 Å². The summed E-state index contributed by atoms with van der Waals surface area (Å²) in [5, 5.41) is 3.48. The van der Waals surface area contributed by atoms with E-state index in [1.54, 1.807) is 19.0 Å². The number of halogens is 1. The molecule has 5 nitrogen and oxygen atoms in total. The number of carbonyl (C=O) groups excluding carboxylic acids is 1. The van der Waals surface area contributed by atoms with E-state index >= 15 is 0 Å². The molecule has 1 saturated carbocycles. The highest BCUT2D eigenvalue weighted by Gasteiger charge is 2.41. The van der Waals surface area contributed by atoms with Crippen LogP contribution in [0.25, 0.3) is 0 Å². The van der Waals surface area contributed by atoms with Gasteiger partial charge < -0.3 is 15.1 Å². The van der Waals surface area contributed by atoms with Crippen molar-refractivity contribution in [2.75, 3.05) is 40.3 Å². The fraction of sp³-hybridized carbons (Fsp3) is 0.636. The first-order valence-corrected chi connectivity index (χ1v) is 10.4. The zero-order valence-corrected chi connectivity index (χ0v) is 19.9. The van der Waals surface area contributed by atoms with Crippen LogP contribution >= 0.6 is 24.0 Å². The monoisotopic (exact) mass is 498 g/mol. The third kappa shape index (κ3) is 5.61. The lowest BCUT2D eigenvalue weighted by Crippen LogP contribution is -2.41. The number of nitrogens with zero attached hydrogens (tertiary/aromatic N) is 3. The molecule has 0 radical (unpaired) electrons. The molecule has 1 saturated heterocycles. The molecule has 1 N–H and O–H groups in total. The van der Waals surface area contributed by atoms with Gasteiger partial charge in [-0.15, -0.1) is 24.0 Å². The van der Waals surface area contributed by atoms with Crippen molar-refractivity contribution >= 4 is 35.8 Å². The van der Waals surface area contributed by atoms with Gasteiger partial charge in [0.05, 0.1) is 0 Å². The number of aliphatic imine (C=N–C) groups is 1. The minimum absolute atomic E-state index is 0. The Morgan fingerprint density at radius 2 is 2.00 bits per heavy atom. The molecule has 28 heavy (non-hydrogen) atoms. The number of likely N-dealkylation sites (tertiary alicyclic amines) is 1. The Hall–Kier alpha value is -1.31. The lowest BCUT2D eigenvalue weighted by Gasteiger charge is -2.26. The first-order valence-electron chi connectivity index (χ1n) is 10.4. The molecular weight excluding hydrogens is 463 g/mol. The van der Waals surface area contributed by atoms with Crippen LogP contribution in [-0.2, 0) is 6.42 Å². The molecule has 156 valence electrons. The van der Waals surface area contributed by atoms with Crippen LogP contribution in [0.3, 0.4) is 0 Å². The molecule has 2 aliphatic rings. The van der Waals surface area contributed by atoms with E-state index in [1.807, 2.05) is 18.2 Å². The van der Waals surface area contributed by atoms with Crippen LogP contribution in [0.2, 0.25) is 0 Å². The molecule has 2 fully saturated rings. The van der Waals surface area contributed by atoms with Gasteiger partial charge in [0.25, 0.3) is 5.91 Å². The van der Waals surface area contributed by atoms with Gasteiger partial charge >= 0.3 is 0 Å². The normalized spacial score (nSPS) is 18.2. The highest BCUT2D eigenvalue weighted by atomic mass is 127. The van der Waals surface area contributed by atoms with Crippen LogP contribution in [-0.4, -0.2) is 61.9 Å². The van der Waals surface area contributed by atoms with Crippen LogP contribution < -0.4 is 5.32 Å². The average molecular weight is 498 g/mol. The number of rotatable bonds is 5. The minimum Gasteiger partial charge on any atom is -0.357 e. The lowest BCUT2D eigenvalue weighted by molar-refractivity contribution is 0.0827. The smallest absolute Gasteiger partial charge is 0.253 e. The van der Waals surface area contributed by atoms with Gasteiger partial charge in [0.1, 0.15) is 0 Å². The summed E-state index contributed by atoms with van der Waals surface area (Å²) in [7, 11) is 3.57. The number of hydrogen-bond donors (Lipinski definition) is 1. The van der Waals surface area contributed by atoms with Crippen LogP contribution in [0.4, 0.5) is 0 Å². The number of amides is 1. The molecule has 0 aromatic heterocycles. The van der Waals surface area contributed by atoms with Crippen molar-refractivity contribution in [2.45, 2.75) is 45.4 Å². The van der Waals surface area contributed by atoms with Crippen LogP contribution in [0, 0.1) is 5.41 Å². The summed E-state index contributed by atoms with van der Waals surface area (Å²) >= 11 is 0. The Labute approximate surface area is 187 Å². The summed E-state index contributed by atoms with van der Waals surface area (Å²) in [5.41, 5.74) is 2.46. The summed E-state index contributed by atoms with van der Waals surface area (Å²) < 4.78 is 0. The van der Waals surface area contributed by atoms with E-state index in [1.165, 1.54) is 32.1 Å². The van der Waals surface area contributed by atoms with Crippen molar-refractivity contribution in [1.82, 2.24) is 15.1 Å². The third-order valence-electron chi connectivity index (χ3n) is 5.98. The second-order valence-electron chi connectivity index (χ2n) is 8.26. The van der Waals surface area contributed by atoms with Gasteiger partial charge in [-0.25, -0.2) is 0 Å². The van der Waals surface area contributed by atoms with E-state index in [2.05, 4.69) is 23.2 Å². The van der Waals surface area contributed by atoms with E-state index in [0.29, 0.717) is 5.41 Å². The predicted octanol–water partition coefficient (Wildman–Crippen LogP) is 3.78. The Morgan fingerprint density at radius 1 is 1.25 bits per heavy atom. The number of benzene rings is 1. The largest absolute Gasteiger partial charge is 0.357 e. The highest BCUT2D eigenvalue weighted by Crippen LogP contribution is 2.45. The second-order valence-corrected chi connectivity index (χ2v) is 8.26. The molecule has 3 rings (SSSR count). The molecule has 0 bridgehead atoms. The third-order valence-corrected chi connectivity index (χ3v) is 5.98. The fourth-order valence-electron chi connectivity index (χ4n) is 4.48. The van der Waals surface area contributed by atoms with Crippen molar-refractivity contribution < 1.29 is 4.79 Å². The Morgan fingerprint density at radius 3 is 2.68 bits per heavy atom. The predicted molar refractivity (Wildman–Crippen MR) is 127 cm³/mol. The molecule has 1 amide bonds. The van der Waals surface area contributed by atoms with E-state index in [0.717, 1.165) is 49.7 Å². The van der Waals surface area contributed by atoms with Crippen molar-refractivity contribution in [3.05, 3.63) is 35.4 Å². The van der Waals surface area contributed by atoms with Gasteiger partial charge in [-0.05, 0) is 55.7 Å². The Bertz CT molecular complexity index is 683. The molecule has 1 aromatic carbocycles. The SMILES string of the molecule is CCNC(=NCCc1cccc(C(=O)N(C)C)c1)N1CCC2(CCCC2)C1.I. The van der Waals surface area contributed by atoms with E-state index in [4.69, 9.17) is 4.99 Å². The summed E-state index contributed by atoms with van der Waals surface area (Å²) in [6.07, 6.45) is 7.72. The zero-order chi connectivity index (χ0) is 19.3. The standard InChI is InChI=1S/C22H34N4O.HI/c1-4-23-21(26-15-13-22(17-26)11-5-6-12-22)24-14-10-18-8-7-9-19(16-18)20(27)25(2)3;/h7-9,16H,4-6,10-15,17H2,1-3H3,(H,23,24);1H. The van der Waals surface area contributed by atoms with Crippen molar-refractivity contribution in [3.8, 4) is 0 Å². The minimum atomic E-state index is 0. The molecule has 1 spiro atoms. The average Bonchev–Trinajstić information content (AvgIpc) is 3.30. The zero-order valence-electron chi connectivity index (χ0n) is 17.5. The number of carbonyl (C=O) groups is 1. The molecule has 1 aliphatic heterocycles. The van der Waals surface area contributed by atoms with Crippen LogP contribution in [0.1, 0.15) is 54.9 Å². The molecular formula is C22H35IN4O. The summed E-state index contributed by atoms with van der Waals surface area (Å²) in [6.45, 7) is 6.05. The number of guanidine groups is 1. The molecule has 1 aromatic rings. The van der Waals surface area contributed by atoms with Gasteiger partial charge in [0, 0.05) is 45.8 Å². The lowest BCUT2D eigenvalue weighted by atomic mass is 9.86. The fourth-order valence-corrected chi connectivity index (χ4v) is 4.48. The Balaban J connectivity index is 0.00000280. The van der Waals surface area contributed by atoms with E-state index < -0.39 is 0 Å². The molecule has 0 atom stereocenters.